The fraction of sp³-hybridized carbons (Fsp3) is 0.500. The summed E-state index contributed by atoms with van der Waals surface area (Å²) < 4.78 is 37.5. The number of anilines is 1. The number of hydrogen-bond acceptors (Lipinski definition) is 2. The van der Waals surface area contributed by atoms with E-state index >= 15 is 0 Å². The number of amides is 2. The molecule has 24 heavy (non-hydrogen) atoms. The lowest BCUT2D eigenvalue weighted by Gasteiger charge is -2.20. The summed E-state index contributed by atoms with van der Waals surface area (Å²) in [5, 5.41) is 5.42. The fourth-order valence-corrected chi connectivity index (χ4v) is 2.13. The third-order valence-electron chi connectivity index (χ3n) is 3.99. The van der Waals surface area contributed by atoms with Crippen LogP contribution in [0.15, 0.2) is 24.3 Å². The molecule has 1 saturated carbocycles. The molecule has 2 amide bonds. The van der Waals surface area contributed by atoms with Gasteiger partial charge in [0.2, 0.25) is 0 Å². The summed E-state index contributed by atoms with van der Waals surface area (Å²) in [4.78, 5) is 24.6. The molecular formula is C16H21F3N3O2+. The topological polar surface area (TPSA) is 62.6 Å². The number of nitrogens with one attached hydrogen (secondary N) is 3. The first-order valence-corrected chi connectivity index (χ1v) is 7.76. The van der Waals surface area contributed by atoms with Crippen molar-refractivity contribution in [2.24, 2.45) is 0 Å². The van der Waals surface area contributed by atoms with E-state index in [-0.39, 0.29) is 30.1 Å². The Morgan fingerprint density at radius 1 is 1.25 bits per heavy atom. The molecule has 0 aliphatic heterocycles. The van der Waals surface area contributed by atoms with E-state index in [2.05, 4.69) is 10.6 Å². The normalized spacial score (nSPS) is 17.0. The van der Waals surface area contributed by atoms with Gasteiger partial charge in [-0.2, -0.15) is 13.2 Å². The number of halogens is 3. The van der Waals surface area contributed by atoms with Gasteiger partial charge in [-0.1, -0.05) is 0 Å². The molecule has 0 saturated heterocycles. The molecule has 1 aliphatic rings. The van der Waals surface area contributed by atoms with Crippen molar-refractivity contribution in [3.05, 3.63) is 29.8 Å². The van der Waals surface area contributed by atoms with Gasteiger partial charge in [0.1, 0.15) is 0 Å². The molecule has 0 spiro atoms. The summed E-state index contributed by atoms with van der Waals surface area (Å²) in [5.74, 6) is -0.462. The van der Waals surface area contributed by atoms with Gasteiger partial charge in [0.05, 0.1) is 12.6 Å². The van der Waals surface area contributed by atoms with E-state index in [0.29, 0.717) is 4.90 Å². The summed E-state index contributed by atoms with van der Waals surface area (Å²) >= 11 is 0. The van der Waals surface area contributed by atoms with Gasteiger partial charge >= 0.3 is 6.18 Å². The van der Waals surface area contributed by atoms with Gasteiger partial charge in [-0.25, -0.2) is 0 Å². The molecule has 1 aromatic rings. The van der Waals surface area contributed by atoms with Crippen LogP contribution < -0.4 is 15.5 Å². The Bertz CT molecular complexity index is 598. The van der Waals surface area contributed by atoms with Crippen molar-refractivity contribution in [3.8, 4) is 0 Å². The monoisotopic (exact) mass is 344 g/mol. The zero-order valence-electron chi connectivity index (χ0n) is 13.5. The number of carbonyl (C=O) groups excluding carboxylic acids is 2. The van der Waals surface area contributed by atoms with Crippen LogP contribution in [0.3, 0.4) is 0 Å². The van der Waals surface area contributed by atoms with Crippen molar-refractivity contribution in [2.45, 2.75) is 38.0 Å². The Morgan fingerprint density at radius 2 is 1.83 bits per heavy atom. The van der Waals surface area contributed by atoms with E-state index in [1.807, 2.05) is 0 Å². The second-order valence-electron chi connectivity index (χ2n) is 6.15. The molecular weight excluding hydrogens is 323 g/mol. The van der Waals surface area contributed by atoms with Gasteiger partial charge in [0, 0.05) is 11.7 Å². The minimum atomic E-state index is -4.41. The Balaban J connectivity index is 1.86. The third kappa shape index (κ3) is 5.23. The predicted molar refractivity (Wildman–Crippen MR) is 82.5 cm³/mol. The van der Waals surface area contributed by atoms with Crippen LogP contribution in [0.1, 0.15) is 25.3 Å². The van der Waals surface area contributed by atoms with E-state index in [0.717, 1.165) is 25.0 Å². The summed E-state index contributed by atoms with van der Waals surface area (Å²) in [6.07, 6.45) is -2.42. The molecule has 0 bridgehead atoms. The summed E-state index contributed by atoms with van der Waals surface area (Å²) in [6.45, 7) is 1.83. The Labute approximate surface area is 138 Å². The highest BCUT2D eigenvalue weighted by atomic mass is 19.4. The highest BCUT2D eigenvalue weighted by Gasteiger charge is 2.30. The second kappa shape index (κ2) is 7.21. The summed E-state index contributed by atoms with van der Waals surface area (Å²) in [5.41, 5.74) is -0.483. The first-order chi connectivity index (χ1) is 11.2. The summed E-state index contributed by atoms with van der Waals surface area (Å²) in [7, 11) is 1.73. The van der Waals surface area contributed by atoms with Crippen molar-refractivity contribution >= 4 is 17.5 Å². The number of hydrogen-bond donors (Lipinski definition) is 3. The van der Waals surface area contributed by atoms with Crippen molar-refractivity contribution in [1.29, 1.82) is 0 Å². The van der Waals surface area contributed by atoms with Crippen molar-refractivity contribution in [2.75, 3.05) is 18.9 Å². The van der Waals surface area contributed by atoms with Crippen molar-refractivity contribution in [1.82, 2.24) is 5.32 Å². The highest BCUT2D eigenvalue weighted by Crippen LogP contribution is 2.29. The maximum absolute atomic E-state index is 12.5. The fourth-order valence-electron chi connectivity index (χ4n) is 2.13. The largest absolute Gasteiger partial charge is 0.416 e. The molecule has 1 unspecified atom stereocenters. The number of quaternary nitrogens is 1. The molecule has 3 N–H and O–H groups in total. The minimum Gasteiger partial charge on any atom is -0.348 e. The molecule has 2 atom stereocenters. The molecule has 0 heterocycles. The minimum absolute atomic E-state index is 0.107. The lowest BCUT2D eigenvalue weighted by molar-refractivity contribution is -0.885. The van der Waals surface area contributed by atoms with Crippen molar-refractivity contribution < 1.29 is 27.7 Å². The number of rotatable bonds is 6. The number of carbonyl (C=O) groups is 2. The molecule has 1 aromatic carbocycles. The van der Waals surface area contributed by atoms with Gasteiger partial charge in [-0.05, 0) is 44.0 Å². The van der Waals surface area contributed by atoms with Gasteiger partial charge in [-0.15, -0.1) is 0 Å². The average Bonchev–Trinajstić information content (AvgIpc) is 3.29. The second-order valence-corrected chi connectivity index (χ2v) is 6.15. The standard InChI is InChI=1S/C16H20F3N3O2/c1-10(22(2)9-14(23)20-12-7-8-12)15(24)21-13-5-3-11(4-6-13)16(17,18)19/h3-6,10,12H,7-9H2,1-2H3,(H,20,23)(H,21,24)/p+1/t10-/m1/s1. The van der Waals surface area contributed by atoms with Gasteiger partial charge in [0.25, 0.3) is 11.8 Å². The molecule has 5 nitrogen and oxygen atoms in total. The number of likely N-dealkylation sites (N-methyl/N-ethyl adjacent to an activating group) is 1. The van der Waals surface area contributed by atoms with E-state index < -0.39 is 17.8 Å². The first kappa shape index (κ1) is 18.3. The first-order valence-electron chi connectivity index (χ1n) is 7.76. The van der Waals surface area contributed by atoms with Crippen LogP contribution in [-0.2, 0) is 15.8 Å². The zero-order chi connectivity index (χ0) is 17.9. The highest BCUT2D eigenvalue weighted by molar-refractivity contribution is 5.93. The van der Waals surface area contributed by atoms with Gasteiger partial charge < -0.3 is 15.5 Å². The smallest absolute Gasteiger partial charge is 0.348 e. The molecule has 0 aromatic heterocycles. The maximum Gasteiger partial charge on any atom is 0.416 e. The van der Waals surface area contributed by atoms with Crippen LogP contribution in [0.4, 0.5) is 18.9 Å². The van der Waals surface area contributed by atoms with Crippen LogP contribution in [-0.4, -0.2) is 37.5 Å². The lowest BCUT2D eigenvalue weighted by atomic mass is 10.2. The van der Waals surface area contributed by atoms with E-state index in [1.54, 1.807) is 14.0 Å². The molecule has 0 radical (unpaired) electrons. The van der Waals surface area contributed by atoms with Crippen LogP contribution in [0, 0.1) is 0 Å². The number of benzene rings is 1. The Hall–Kier alpha value is -2.09. The van der Waals surface area contributed by atoms with E-state index in [4.69, 9.17) is 0 Å². The van der Waals surface area contributed by atoms with E-state index in [9.17, 15) is 22.8 Å². The van der Waals surface area contributed by atoms with Crippen LogP contribution in [0.25, 0.3) is 0 Å². The molecule has 8 heteroatoms. The Morgan fingerprint density at radius 3 is 2.33 bits per heavy atom. The molecule has 1 aliphatic carbocycles. The van der Waals surface area contributed by atoms with E-state index in [1.165, 1.54) is 12.1 Å². The lowest BCUT2D eigenvalue weighted by Crippen LogP contribution is -3.15. The predicted octanol–water partition coefficient (Wildman–Crippen LogP) is 0.826. The van der Waals surface area contributed by atoms with Gasteiger partial charge in [-0.3, -0.25) is 9.59 Å². The van der Waals surface area contributed by atoms with Gasteiger partial charge in [0.15, 0.2) is 12.6 Å². The molecule has 1 fully saturated rings. The SMILES string of the molecule is C[C@H](C(=O)Nc1ccc(C(F)(F)F)cc1)[NH+](C)CC(=O)NC1CC1. The Kier molecular flexibility index (Phi) is 5.48. The zero-order valence-corrected chi connectivity index (χ0v) is 13.5. The van der Waals surface area contributed by atoms with Crippen LogP contribution in [0.5, 0.6) is 0 Å². The average molecular weight is 344 g/mol. The number of alkyl halides is 3. The van der Waals surface area contributed by atoms with Crippen molar-refractivity contribution in [3.63, 3.8) is 0 Å². The molecule has 2 rings (SSSR count). The van der Waals surface area contributed by atoms with Crippen LogP contribution >= 0.6 is 0 Å². The summed E-state index contributed by atoms with van der Waals surface area (Å²) in [6, 6.07) is 4.00. The molecule has 132 valence electrons. The quantitative estimate of drug-likeness (QED) is 0.716. The van der Waals surface area contributed by atoms with Crippen LogP contribution in [0.2, 0.25) is 0 Å². The maximum atomic E-state index is 12.5. The third-order valence-corrected chi connectivity index (χ3v) is 3.99.